The molecule has 0 bridgehead atoms. The Kier molecular flexibility index (Phi) is 6.51. The van der Waals surface area contributed by atoms with Crippen molar-refractivity contribution >= 4 is 5.91 Å². The summed E-state index contributed by atoms with van der Waals surface area (Å²) in [7, 11) is 0. The summed E-state index contributed by atoms with van der Waals surface area (Å²) in [4.78, 5) is 11.5. The van der Waals surface area contributed by atoms with Gasteiger partial charge in [0.15, 0.2) is 0 Å². The van der Waals surface area contributed by atoms with Gasteiger partial charge in [0.05, 0.1) is 0 Å². The zero-order valence-corrected chi connectivity index (χ0v) is 11.1. The van der Waals surface area contributed by atoms with E-state index in [0.717, 1.165) is 5.56 Å². The van der Waals surface area contributed by atoms with Crippen LogP contribution < -0.4 is 11.1 Å². The standard InChI is InChI=1S/C14H19F3N2O/c15-14(16,17)9-4-10-19-13(20)8-7-12(18)11-5-2-1-3-6-11/h1-3,5-6,12H,4,7-10,18H2,(H,19,20). The summed E-state index contributed by atoms with van der Waals surface area (Å²) in [5.41, 5.74) is 6.87. The number of benzene rings is 1. The molecule has 6 heteroatoms. The van der Waals surface area contributed by atoms with Gasteiger partial charge < -0.3 is 11.1 Å². The van der Waals surface area contributed by atoms with Crippen LogP contribution in [0.3, 0.4) is 0 Å². The van der Waals surface area contributed by atoms with E-state index in [-0.39, 0.29) is 31.3 Å². The van der Waals surface area contributed by atoms with E-state index in [4.69, 9.17) is 5.73 Å². The zero-order valence-electron chi connectivity index (χ0n) is 11.1. The van der Waals surface area contributed by atoms with E-state index in [1.54, 1.807) is 0 Å². The Morgan fingerprint density at radius 1 is 1.25 bits per heavy atom. The molecule has 0 fully saturated rings. The Morgan fingerprint density at radius 2 is 1.90 bits per heavy atom. The highest BCUT2D eigenvalue weighted by molar-refractivity contribution is 5.75. The molecule has 3 N–H and O–H groups in total. The summed E-state index contributed by atoms with van der Waals surface area (Å²) < 4.78 is 35.7. The maximum atomic E-state index is 11.9. The number of hydrogen-bond donors (Lipinski definition) is 2. The van der Waals surface area contributed by atoms with E-state index >= 15 is 0 Å². The largest absolute Gasteiger partial charge is 0.389 e. The van der Waals surface area contributed by atoms with E-state index in [0.29, 0.717) is 6.42 Å². The third-order valence-corrected chi connectivity index (χ3v) is 2.87. The second-order valence-electron chi connectivity index (χ2n) is 4.62. The molecular formula is C14H19F3N2O. The van der Waals surface area contributed by atoms with Crippen LogP contribution in [-0.2, 0) is 4.79 Å². The van der Waals surface area contributed by atoms with Crippen LogP contribution in [0.5, 0.6) is 0 Å². The molecule has 0 spiro atoms. The normalized spacial score (nSPS) is 13.0. The van der Waals surface area contributed by atoms with Crippen molar-refractivity contribution in [1.29, 1.82) is 0 Å². The molecule has 112 valence electrons. The van der Waals surface area contributed by atoms with Gasteiger partial charge in [0, 0.05) is 25.4 Å². The lowest BCUT2D eigenvalue weighted by atomic mass is 10.0. The van der Waals surface area contributed by atoms with Crippen molar-refractivity contribution in [1.82, 2.24) is 5.32 Å². The lowest BCUT2D eigenvalue weighted by molar-refractivity contribution is -0.136. The molecular weight excluding hydrogens is 269 g/mol. The topological polar surface area (TPSA) is 55.1 Å². The van der Waals surface area contributed by atoms with Gasteiger partial charge in [-0.3, -0.25) is 4.79 Å². The number of nitrogens with two attached hydrogens (primary N) is 1. The van der Waals surface area contributed by atoms with Gasteiger partial charge in [-0.15, -0.1) is 0 Å². The number of amides is 1. The van der Waals surface area contributed by atoms with Crippen LogP contribution in [0.25, 0.3) is 0 Å². The average molecular weight is 288 g/mol. The Morgan fingerprint density at radius 3 is 2.50 bits per heavy atom. The first-order valence-corrected chi connectivity index (χ1v) is 6.52. The first-order valence-electron chi connectivity index (χ1n) is 6.52. The fourth-order valence-electron chi connectivity index (χ4n) is 1.76. The predicted molar refractivity (Wildman–Crippen MR) is 70.9 cm³/mol. The van der Waals surface area contributed by atoms with Gasteiger partial charge in [-0.25, -0.2) is 0 Å². The fraction of sp³-hybridized carbons (Fsp3) is 0.500. The number of hydrogen-bond acceptors (Lipinski definition) is 2. The highest BCUT2D eigenvalue weighted by Crippen LogP contribution is 2.20. The Bertz CT molecular complexity index is 407. The molecule has 1 atom stereocenters. The van der Waals surface area contributed by atoms with Gasteiger partial charge in [-0.1, -0.05) is 30.3 Å². The second-order valence-corrected chi connectivity index (χ2v) is 4.62. The highest BCUT2D eigenvalue weighted by atomic mass is 19.4. The van der Waals surface area contributed by atoms with E-state index in [1.807, 2.05) is 30.3 Å². The third-order valence-electron chi connectivity index (χ3n) is 2.87. The van der Waals surface area contributed by atoms with Gasteiger partial charge in [0.2, 0.25) is 5.91 Å². The van der Waals surface area contributed by atoms with Crippen LogP contribution >= 0.6 is 0 Å². The van der Waals surface area contributed by atoms with Crippen LogP contribution in [0.2, 0.25) is 0 Å². The molecule has 0 aliphatic heterocycles. The first kappa shape index (κ1) is 16.5. The molecule has 0 aromatic heterocycles. The molecule has 1 rings (SSSR count). The fourth-order valence-corrected chi connectivity index (χ4v) is 1.76. The minimum Gasteiger partial charge on any atom is -0.356 e. The average Bonchev–Trinajstić information content (AvgIpc) is 2.41. The van der Waals surface area contributed by atoms with Gasteiger partial charge in [-0.2, -0.15) is 13.2 Å². The summed E-state index contributed by atoms with van der Waals surface area (Å²) in [5, 5.41) is 2.47. The second kappa shape index (κ2) is 7.89. The molecule has 3 nitrogen and oxygen atoms in total. The Hall–Kier alpha value is -1.56. The van der Waals surface area contributed by atoms with Crippen molar-refractivity contribution in [3.8, 4) is 0 Å². The summed E-state index contributed by atoms with van der Waals surface area (Å²) in [6.07, 6.45) is -4.46. The number of nitrogens with one attached hydrogen (secondary N) is 1. The first-order chi connectivity index (χ1) is 9.38. The van der Waals surface area contributed by atoms with Crippen LogP contribution in [0.15, 0.2) is 30.3 Å². The molecule has 0 radical (unpaired) electrons. The monoisotopic (exact) mass is 288 g/mol. The molecule has 0 aliphatic carbocycles. The Balaban J connectivity index is 2.17. The SMILES string of the molecule is NC(CCC(=O)NCCCC(F)(F)F)c1ccccc1. The zero-order chi connectivity index (χ0) is 15.0. The van der Waals surface area contributed by atoms with Crippen LogP contribution in [0.1, 0.15) is 37.3 Å². The molecule has 1 amide bonds. The molecule has 0 saturated heterocycles. The van der Waals surface area contributed by atoms with E-state index in [1.165, 1.54) is 0 Å². The van der Waals surface area contributed by atoms with Crippen molar-refractivity contribution in [3.63, 3.8) is 0 Å². The van der Waals surface area contributed by atoms with Gasteiger partial charge in [0.1, 0.15) is 0 Å². The molecule has 1 unspecified atom stereocenters. The molecule has 1 aromatic carbocycles. The molecule has 1 aromatic rings. The minimum absolute atomic E-state index is 0.0406. The number of alkyl halides is 3. The molecule has 20 heavy (non-hydrogen) atoms. The van der Waals surface area contributed by atoms with Crippen LogP contribution in [0.4, 0.5) is 13.2 Å². The number of carbonyl (C=O) groups is 1. The lowest BCUT2D eigenvalue weighted by Gasteiger charge is -2.12. The smallest absolute Gasteiger partial charge is 0.356 e. The van der Waals surface area contributed by atoms with Crippen molar-refractivity contribution in [3.05, 3.63) is 35.9 Å². The summed E-state index contributed by atoms with van der Waals surface area (Å²) >= 11 is 0. The van der Waals surface area contributed by atoms with Crippen molar-refractivity contribution < 1.29 is 18.0 Å². The summed E-state index contributed by atoms with van der Waals surface area (Å²) in [5.74, 6) is -0.265. The lowest BCUT2D eigenvalue weighted by Crippen LogP contribution is -2.26. The molecule has 0 aliphatic rings. The minimum atomic E-state index is -4.17. The molecule has 0 saturated carbocycles. The maximum absolute atomic E-state index is 11.9. The van der Waals surface area contributed by atoms with Gasteiger partial charge in [-0.05, 0) is 18.4 Å². The maximum Gasteiger partial charge on any atom is 0.389 e. The molecule has 0 heterocycles. The number of halogens is 3. The van der Waals surface area contributed by atoms with Crippen molar-refractivity contribution in [2.24, 2.45) is 5.73 Å². The number of carbonyl (C=O) groups excluding carboxylic acids is 1. The summed E-state index contributed by atoms with van der Waals surface area (Å²) in [6, 6.07) is 9.14. The van der Waals surface area contributed by atoms with E-state index in [9.17, 15) is 18.0 Å². The van der Waals surface area contributed by atoms with E-state index < -0.39 is 12.6 Å². The number of rotatable bonds is 7. The Labute approximate surface area is 116 Å². The van der Waals surface area contributed by atoms with Gasteiger partial charge >= 0.3 is 6.18 Å². The predicted octanol–water partition coefficient (Wildman–Crippen LogP) is 2.93. The van der Waals surface area contributed by atoms with E-state index in [2.05, 4.69) is 5.32 Å². The summed E-state index contributed by atoms with van der Waals surface area (Å²) in [6.45, 7) is 0.0406. The highest BCUT2D eigenvalue weighted by Gasteiger charge is 2.25. The van der Waals surface area contributed by atoms with Gasteiger partial charge in [0.25, 0.3) is 0 Å². The van der Waals surface area contributed by atoms with Crippen LogP contribution in [-0.4, -0.2) is 18.6 Å². The quantitative estimate of drug-likeness (QED) is 0.758. The third kappa shape index (κ3) is 7.13. The van der Waals surface area contributed by atoms with Crippen LogP contribution in [0, 0.1) is 0 Å². The van der Waals surface area contributed by atoms with Crippen molar-refractivity contribution in [2.45, 2.75) is 37.9 Å². The van der Waals surface area contributed by atoms with Crippen molar-refractivity contribution in [2.75, 3.05) is 6.54 Å².